The fourth-order valence-electron chi connectivity index (χ4n) is 4.42. The van der Waals surface area contributed by atoms with Crippen LogP contribution in [0.1, 0.15) is 91.4 Å². The number of carboxylic acids is 1. The Morgan fingerprint density at radius 1 is 1.25 bits per heavy atom. The molecule has 0 aromatic carbocycles. The monoisotopic (exact) mass is 406 g/mol. The van der Waals surface area contributed by atoms with Crippen molar-refractivity contribution in [3.63, 3.8) is 0 Å². The highest BCUT2D eigenvalue weighted by atomic mass is 19.3. The fraction of sp³-hybridized carbons (Fsp3) is 0.905. The molecule has 28 heavy (non-hydrogen) atoms. The summed E-state index contributed by atoms with van der Waals surface area (Å²) in [6, 6.07) is 0. The second-order valence-corrected chi connectivity index (χ2v) is 8.07. The van der Waals surface area contributed by atoms with Gasteiger partial charge in [0.2, 0.25) is 5.79 Å². The Bertz CT molecular complexity index is 525. The second kappa shape index (κ2) is 10.6. The van der Waals surface area contributed by atoms with E-state index >= 15 is 0 Å². The molecular formula is C21H36F2O5. The zero-order valence-electron chi connectivity index (χ0n) is 16.1. The third-order valence-electron chi connectivity index (χ3n) is 6.04. The van der Waals surface area contributed by atoms with Crippen LogP contribution in [-0.4, -0.2) is 39.8 Å². The molecule has 2 aliphatic rings. The first-order valence-corrected chi connectivity index (χ1v) is 10.2. The van der Waals surface area contributed by atoms with Gasteiger partial charge in [0.15, 0.2) is 0 Å². The molecule has 1 heterocycles. The fourth-order valence-corrected chi connectivity index (χ4v) is 4.42. The molecule has 7 heteroatoms. The number of ketones is 1. The summed E-state index contributed by atoms with van der Waals surface area (Å²) < 4.78 is 34.3. The van der Waals surface area contributed by atoms with E-state index in [0.29, 0.717) is 32.1 Å². The van der Waals surface area contributed by atoms with Gasteiger partial charge in [-0.15, -0.1) is 0 Å². The maximum Gasteiger partial charge on any atom is 0.303 e. The van der Waals surface area contributed by atoms with E-state index in [1.54, 1.807) is 0 Å². The average Bonchev–Trinajstić information content (AvgIpc) is 2.90. The minimum Gasteiger partial charge on any atom is -0.481 e. The summed E-state index contributed by atoms with van der Waals surface area (Å²) >= 11 is 0. The lowest BCUT2D eigenvalue weighted by Crippen LogP contribution is -2.55. The van der Waals surface area contributed by atoms with E-state index < -0.39 is 30.2 Å². The van der Waals surface area contributed by atoms with Crippen LogP contribution in [0.5, 0.6) is 0 Å². The highest BCUT2D eigenvalue weighted by molar-refractivity contribution is 5.84. The largest absolute Gasteiger partial charge is 0.481 e. The summed E-state index contributed by atoms with van der Waals surface area (Å²) in [5.41, 5.74) is 0. The molecule has 2 rings (SSSR count). The highest BCUT2D eigenvalue weighted by Gasteiger charge is 2.59. The first-order chi connectivity index (χ1) is 12.7. The molecular weight excluding hydrogens is 370 g/mol. The van der Waals surface area contributed by atoms with Crippen molar-refractivity contribution in [1.29, 1.82) is 0 Å². The number of halogens is 2. The molecule has 0 aromatic heterocycles. The van der Waals surface area contributed by atoms with Gasteiger partial charge in [-0.3, -0.25) is 9.59 Å². The molecule has 2 unspecified atom stereocenters. The number of carboxylic acid groups (broad SMARTS) is 1. The van der Waals surface area contributed by atoms with Crippen LogP contribution in [0.2, 0.25) is 0 Å². The number of unbranched alkanes of at least 4 members (excludes halogenated alkanes) is 4. The molecule has 1 aliphatic heterocycles. The van der Waals surface area contributed by atoms with E-state index in [-0.39, 0.29) is 44.3 Å². The molecule has 2 N–H and O–H groups in total. The van der Waals surface area contributed by atoms with Crippen LogP contribution in [-0.2, 0) is 14.3 Å². The summed E-state index contributed by atoms with van der Waals surface area (Å²) in [5, 5.41) is 19.1. The number of alkyl halides is 2. The Hall–Kier alpha value is -1.08. The zero-order chi connectivity index (χ0) is 20.1. The van der Waals surface area contributed by atoms with Gasteiger partial charge in [0, 0.05) is 31.6 Å². The normalized spacial score (nSPS) is 30.0. The lowest BCUT2D eigenvalue weighted by molar-refractivity contribution is -0.356. The Kier molecular flexibility index (Phi) is 9.47. The molecule has 0 bridgehead atoms. The number of hydrogen-bond donors (Lipinski definition) is 2. The quantitative estimate of drug-likeness (QED) is 0.475. The van der Waals surface area contributed by atoms with E-state index in [9.17, 15) is 23.5 Å². The van der Waals surface area contributed by atoms with E-state index in [4.69, 9.17) is 9.84 Å². The number of fused-ring (bicyclic) bond motifs is 1. The minimum atomic E-state index is -3.31. The number of ether oxygens (including phenoxy) is 1. The number of aliphatic carboxylic acids is 1. The van der Waals surface area contributed by atoms with Crippen molar-refractivity contribution in [1.82, 2.24) is 0 Å². The molecule has 1 aliphatic carbocycles. The Morgan fingerprint density at radius 2 is 1.93 bits per heavy atom. The number of Topliss-reactive ketones (excluding diaryl/α,β-unsaturated/α-hetero) is 1. The van der Waals surface area contributed by atoms with Crippen molar-refractivity contribution in [3.8, 4) is 0 Å². The molecule has 1 saturated heterocycles. The van der Waals surface area contributed by atoms with Crippen LogP contribution in [0.25, 0.3) is 0 Å². The van der Waals surface area contributed by atoms with Gasteiger partial charge in [-0.25, -0.2) is 8.78 Å². The summed E-state index contributed by atoms with van der Waals surface area (Å²) in [7, 11) is 0. The molecule has 0 spiro atoms. The van der Waals surface area contributed by atoms with Crippen molar-refractivity contribution in [2.24, 2.45) is 11.8 Å². The van der Waals surface area contributed by atoms with E-state index in [1.165, 1.54) is 0 Å². The zero-order valence-corrected chi connectivity index (χ0v) is 16.1. The van der Waals surface area contributed by atoms with E-state index in [1.807, 2.05) is 6.92 Å². The summed E-state index contributed by atoms with van der Waals surface area (Å²) in [4.78, 5) is 22.8. The number of rotatable bonds is 11. The van der Waals surface area contributed by atoms with Gasteiger partial charge < -0.3 is 14.9 Å². The van der Waals surface area contributed by atoms with E-state index in [0.717, 1.165) is 19.3 Å². The average molecular weight is 407 g/mol. The number of hydrogen-bond acceptors (Lipinski definition) is 4. The van der Waals surface area contributed by atoms with Crippen LogP contribution in [0, 0.1) is 11.8 Å². The molecule has 5 nitrogen and oxygen atoms in total. The van der Waals surface area contributed by atoms with Crippen molar-refractivity contribution in [2.45, 2.75) is 109 Å². The molecule has 0 radical (unpaired) electrons. The third-order valence-corrected chi connectivity index (χ3v) is 6.04. The summed E-state index contributed by atoms with van der Waals surface area (Å²) in [6.45, 7) is 1.82. The number of carbonyl (C=O) groups is 2. The van der Waals surface area contributed by atoms with Crippen LogP contribution in [0.15, 0.2) is 0 Å². The van der Waals surface area contributed by atoms with Gasteiger partial charge in [0.25, 0.3) is 0 Å². The first-order valence-electron chi connectivity index (χ1n) is 10.2. The predicted molar refractivity (Wildman–Crippen MR) is 102 cm³/mol. The Morgan fingerprint density at radius 3 is 2.57 bits per heavy atom. The van der Waals surface area contributed by atoms with Gasteiger partial charge >= 0.3 is 11.9 Å². The first kappa shape index (κ1) is 25.0. The van der Waals surface area contributed by atoms with Crippen LogP contribution in [0.3, 0.4) is 0 Å². The maximum atomic E-state index is 14.4. The highest BCUT2D eigenvalue weighted by Crippen LogP contribution is 2.49. The van der Waals surface area contributed by atoms with Gasteiger partial charge in [0.05, 0.1) is 6.10 Å². The summed E-state index contributed by atoms with van der Waals surface area (Å²) in [6.07, 6.45) is 4.17. The van der Waals surface area contributed by atoms with Gasteiger partial charge in [-0.2, -0.15) is 0 Å². The SMILES string of the molecule is C.CCCCC(F)(F)[C@@]1(O)CCC2C(CC(=O)[C@@H]2CCCCCCC(=O)O)O1. The molecule has 0 amide bonds. The lowest BCUT2D eigenvalue weighted by atomic mass is 9.81. The smallest absolute Gasteiger partial charge is 0.303 e. The van der Waals surface area contributed by atoms with Crippen molar-refractivity contribution < 1.29 is 33.3 Å². The number of aliphatic hydroxyl groups is 1. The molecule has 164 valence electrons. The van der Waals surface area contributed by atoms with Crippen LogP contribution >= 0.6 is 0 Å². The van der Waals surface area contributed by atoms with Gasteiger partial charge in [0.1, 0.15) is 5.78 Å². The lowest BCUT2D eigenvalue weighted by Gasteiger charge is -2.43. The van der Waals surface area contributed by atoms with E-state index in [2.05, 4.69) is 0 Å². The maximum absolute atomic E-state index is 14.4. The Balaban J connectivity index is 0.00000392. The van der Waals surface area contributed by atoms with Crippen molar-refractivity contribution >= 4 is 11.8 Å². The van der Waals surface area contributed by atoms with Crippen LogP contribution in [0.4, 0.5) is 8.78 Å². The molecule has 0 aromatic rings. The molecule has 1 saturated carbocycles. The van der Waals surface area contributed by atoms with Gasteiger partial charge in [-0.05, 0) is 31.6 Å². The standard InChI is InChI=1S/C20H32F2O5.CH4/c1-2-3-11-19(21,22)20(26)12-10-15-14(16(23)13-17(15)27-20)8-6-4-5-7-9-18(24)25;/h14-15,17,26H,2-13H2,1H3,(H,24,25);1H4/t14-,15?,17?,20-;/m1./s1. The molecule has 2 fully saturated rings. The predicted octanol–water partition coefficient (Wildman–Crippen LogP) is 4.95. The minimum absolute atomic E-state index is 0. The van der Waals surface area contributed by atoms with Crippen molar-refractivity contribution in [3.05, 3.63) is 0 Å². The second-order valence-electron chi connectivity index (χ2n) is 8.07. The topological polar surface area (TPSA) is 83.8 Å². The third kappa shape index (κ3) is 5.96. The van der Waals surface area contributed by atoms with Crippen molar-refractivity contribution in [2.75, 3.05) is 0 Å². The number of carbonyl (C=O) groups excluding carboxylic acids is 1. The molecule has 4 atom stereocenters. The summed E-state index contributed by atoms with van der Waals surface area (Å²) in [5.74, 6) is -6.82. The Labute approximate surface area is 166 Å². The van der Waals surface area contributed by atoms with Gasteiger partial charge in [-0.1, -0.05) is 40.0 Å². The van der Waals surface area contributed by atoms with Crippen LogP contribution < -0.4 is 0 Å².